The van der Waals surface area contributed by atoms with Gasteiger partial charge in [0.25, 0.3) is 5.91 Å². The molecule has 35 heavy (non-hydrogen) atoms. The molecule has 0 aliphatic rings. The smallest absolute Gasteiger partial charge is 0.339 e. The van der Waals surface area contributed by atoms with Crippen molar-refractivity contribution in [2.75, 3.05) is 20.8 Å². The van der Waals surface area contributed by atoms with Crippen molar-refractivity contribution in [3.63, 3.8) is 0 Å². The van der Waals surface area contributed by atoms with E-state index in [1.807, 2.05) is 26.0 Å². The highest BCUT2D eigenvalue weighted by molar-refractivity contribution is 6.15. The van der Waals surface area contributed by atoms with Gasteiger partial charge in [-0.15, -0.1) is 0 Å². The average Bonchev–Trinajstić information content (AvgIpc) is 2.87. The highest BCUT2D eigenvalue weighted by Crippen LogP contribution is 2.29. The van der Waals surface area contributed by atoms with Crippen molar-refractivity contribution in [3.05, 3.63) is 94.0 Å². The molecule has 3 aromatic rings. The number of aryl methyl sites for hydroxylation is 2. The molecule has 1 N–H and O–H groups in total. The molecule has 0 bridgehead atoms. The number of ether oxygens (including phenoxy) is 3. The van der Waals surface area contributed by atoms with Gasteiger partial charge in [-0.1, -0.05) is 35.9 Å². The molecule has 0 heterocycles. The van der Waals surface area contributed by atoms with Gasteiger partial charge >= 0.3 is 5.97 Å². The molecule has 3 rings (SSSR count). The minimum Gasteiger partial charge on any atom is -0.497 e. The molecule has 182 valence electrons. The molecule has 1 atom stereocenters. The highest BCUT2D eigenvalue weighted by Gasteiger charge is 2.22. The third-order valence-corrected chi connectivity index (χ3v) is 5.64. The first-order chi connectivity index (χ1) is 16.7. The van der Waals surface area contributed by atoms with Gasteiger partial charge in [0.15, 0.2) is 12.4 Å². The highest BCUT2D eigenvalue weighted by atomic mass is 16.5. The second kappa shape index (κ2) is 11.3. The van der Waals surface area contributed by atoms with Crippen molar-refractivity contribution in [2.24, 2.45) is 0 Å². The number of carbonyl (C=O) groups excluding carboxylic acids is 3. The topological polar surface area (TPSA) is 90.9 Å². The molecule has 0 saturated heterocycles. The summed E-state index contributed by atoms with van der Waals surface area (Å²) in [6, 6.07) is 16.9. The Morgan fingerprint density at radius 3 is 2.26 bits per heavy atom. The van der Waals surface area contributed by atoms with Crippen LogP contribution in [0.3, 0.4) is 0 Å². The van der Waals surface area contributed by atoms with Crippen molar-refractivity contribution >= 4 is 17.7 Å². The maximum absolute atomic E-state index is 13.2. The van der Waals surface area contributed by atoms with Crippen LogP contribution in [0.5, 0.6) is 11.5 Å². The fraction of sp³-hybridized carbons (Fsp3) is 0.250. The van der Waals surface area contributed by atoms with Crippen molar-refractivity contribution < 1.29 is 28.6 Å². The zero-order valence-electron chi connectivity index (χ0n) is 20.5. The number of hydrogen-bond acceptors (Lipinski definition) is 6. The Balaban J connectivity index is 1.70. The van der Waals surface area contributed by atoms with Gasteiger partial charge < -0.3 is 19.5 Å². The molecule has 1 amide bonds. The van der Waals surface area contributed by atoms with Gasteiger partial charge in [0.1, 0.15) is 11.5 Å². The molecule has 3 aromatic carbocycles. The first-order valence-electron chi connectivity index (χ1n) is 11.1. The van der Waals surface area contributed by atoms with Gasteiger partial charge in [-0.25, -0.2) is 4.79 Å². The standard InChI is InChI=1S/C28H29NO6/c1-17-10-11-18(2)23(14-17)27(31)21-8-6-7-9-22(21)28(32)35-16-26(30)29-19(3)24-15-20(33-4)12-13-25(24)34-5/h6-15,19H,16H2,1-5H3,(H,29,30). The van der Waals surface area contributed by atoms with Crippen LogP contribution < -0.4 is 14.8 Å². The first-order valence-corrected chi connectivity index (χ1v) is 11.1. The Labute approximate surface area is 205 Å². The Bertz CT molecular complexity index is 1250. The normalized spacial score (nSPS) is 11.3. The predicted molar refractivity (Wildman–Crippen MR) is 132 cm³/mol. The summed E-state index contributed by atoms with van der Waals surface area (Å²) in [4.78, 5) is 38.5. The molecule has 0 aromatic heterocycles. The van der Waals surface area contributed by atoms with E-state index in [0.29, 0.717) is 17.1 Å². The van der Waals surface area contributed by atoms with Crippen molar-refractivity contribution in [3.8, 4) is 11.5 Å². The minimum atomic E-state index is -0.749. The number of esters is 1. The van der Waals surface area contributed by atoms with E-state index in [-0.39, 0.29) is 16.9 Å². The summed E-state index contributed by atoms with van der Waals surface area (Å²) >= 11 is 0. The molecular formula is C28H29NO6. The Morgan fingerprint density at radius 1 is 0.857 bits per heavy atom. The van der Waals surface area contributed by atoms with Gasteiger partial charge in [-0.2, -0.15) is 0 Å². The molecule has 7 heteroatoms. The lowest BCUT2D eigenvalue weighted by Gasteiger charge is -2.18. The average molecular weight is 476 g/mol. The number of rotatable bonds is 9. The van der Waals surface area contributed by atoms with Crippen LogP contribution in [0, 0.1) is 13.8 Å². The van der Waals surface area contributed by atoms with E-state index in [0.717, 1.165) is 16.7 Å². The molecule has 0 spiro atoms. The van der Waals surface area contributed by atoms with Gasteiger partial charge in [-0.05, 0) is 56.7 Å². The number of methoxy groups -OCH3 is 2. The van der Waals surface area contributed by atoms with E-state index in [2.05, 4.69) is 5.32 Å². The molecule has 0 aliphatic heterocycles. The van der Waals surface area contributed by atoms with E-state index in [9.17, 15) is 14.4 Å². The fourth-order valence-electron chi connectivity index (χ4n) is 3.73. The zero-order valence-corrected chi connectivity index (χ0v) is 20.5. The van der Waals surface area contributed by atoms with Crippen molar-refractivity contribution in [1.29, 1.82) is 0 Å². The summed E-state index contributed by atoms with van der Waals surface area (Å²) in [5, 5.41) is 2.79. The molecule has 0 aliphatic carbocycles. The van der Waals surface area contributed by atoms with Crippen LogP contribution in [0.1, 0.15) is 55.9 Å². The number of hydrogen-bond donors (Lipinski definition) is 1. The lowest BCUT2D eigenvalue weighted by atomic mass is 9.94. The van der Waals surface area contributed by atoms with Crippen LogP contribution in [-0.4, -0.2) is 38.5 Å². The molecule has 7 nitrogen and oxygen atoms in total. The lowest BCUT2D eigenvalue weighted by molar-refractivity contribution is -0.124. The van der Waals surface area contributed by atoms with Gasteiger partial charge in [-0.3, -0.25) is 9.59 Å². The van der Waals surface area contributed by atoms with Crippen LogP contribution in [0.4, 0.5) is 0 Å². The summed E-state index contributed by atoms with van der Waals surface area (Å²) in [6.45, 7) is 5.03. The van der Waals surface area contributed by atoms with E-state index in [1.54, 1.807) is 63.6 Å². The number of ketones is 1. The van der Waals surface area contributed by atoms with E-state index in [4.69, 9.17) is 14.2 Å². The third kappa shape index (κ3) is 6.06. The third-order valence-electron chi connectivity index (χ3n) is 5.64. The van der Waals surface area contributed by atoms with E-state index >= 15 is 0 Å². The lowest BCUT2D eigenvalue weighted by Crippen LogP contribution is -2.31. The SMILES string of the molecule is COc1ccc(OC)c(C(C)NC(=O)COC(=O)c2ccccc2C(=O)c2cc(C)ccc2C)c1. The Hall–Kier alpha value is -4.13. The summed E-state index contributed by atoms with van der Waals surface area (Å²) in [7, 11) is 3.09. The van der Waals surface area contributed by atoms with Crippen LogP contribution in [-0.2, 0) is 9.53 Å². The Kier molecular flexibility index (Phi) is 8.25. The maximum atomic E-state index is 13.2. The van der Waals surface area contributed by atoms with E-state index < -0.39 is 24.5 Å². The largest absolute Gasteiger partial charge is 0.497 e. The molecular weight excluding hydrogens is 446 g/mol. The summed E-state index contributed by atoms with van der Waals surface area (Å²) < 4.78 is 15.9. The summed E-state index contributed by atoms with van der Waals surface area (Å²) in [5.41, 5.74) is 3.32. The Morgan fingerprint density at radius 2 is 1.57 bits per heavy atom. The monoisotopic (exact) mass is 475 g/mol. The number of carbonyl (C=O) groups is 3. The molecule has 0 radical (unpaired) electrons. The second-order valence-corrected chi connectivity index (χ2v) is 8.17. The van der Waals surface area contributed by atoms with Gasteiger partial charge in [0, 0.05) is 16.7 Å². The van der Waals surface area contributed by atoms with Crippen LogP contribution in [0.25, 0.3) is 0 Å². The zero-order chi connectivity index (χ0) is 25.5. The molecule has 0 saturated carbocycles. The first kappa shape index (κ1) is 25.5. The van der Waals surface area contributed by atoms with Gasteiger partial charge in [0.05, 0.1) is 25.8 Å². The van der Waals surface area contributed by atoms with Crippen molar-refractivity contribution in [1.82, 2.24) is 5.32 Å². The van der Waals surface area contributed by atoms with Crippen LogP contribution in [0.15, 0.2) is 60.7 Å². The van der Waals surface area contributed by atoms with E-state index in [1.165, 1.54) is 6.07 Å². The molecule has 1 unspecified atom stereocenters. The molecule has 0 fully saturated rings. The van der Waals surface area contributed by atoms with Crippen molar-refractivity contribution in [2.45, 2.75) is 26.8 Å². The minimum absolute atomic E-state index is 0.105. The number of amides is 1. The van der Waals surface area contributed by atoms with Gasteiger partial charge in [0.2, 0.25) is 0 Å². The summed E-state index contributed by atoms with van der Waals surface area (Å²) in [6.07, 6.45) is 0. The number of nitrogens with one attached hydrogen (secondary N) is 1. The fourth-order valence-corrected chi connectivity index (χ4v) is 3.73. The second-order valence-electron chi connectivity index (χ2n) is 8.17. The maximum Gasteiger partial charge on any atom is 0.339 e. The summed E-state index contributed by atoms with van der Waals surface area (Å²) in [5.74, 6) is -0.301. The number of benzene rings is 3. The predicted octanol–water partition coefficient (Wildman–Crippen LogP) is 4.59. The van der Waals surface area contributed by atoms with Crippen LogP contribution >= 0.6 is 0 Å². The van der Waals surface area contributed by atoms with Crippen LogP contribution in [0.2, 0.25) is 0 Å². The quantitative estimate of drug-likeness (QED) is 0.360.